The Morgan fingerprint density at radius 3 is 2.71 bits per heavy atom. The van der Waals surface area contributed by atoms with Gasteiger partial charge in [-0.05, 0) is 32.6 Å². The van der Waals surface area contributed by atoms with Crippen LogP contribution in [-0.2, 0) is 4.74 Å². The first kappa shape index (κ1) is 11.5. The molecular weight excluding hydrogens is 176 g/mol. The molecule has 3 nitrogen and oxygen atoms in total. The highest BCUT2D eigenvalue weighted by atomic mass is 16.5. The molecule has 0 bridgehead atoms. The highest BCUT2D eigenvalue weighted by Gasteiger charge is 2.36. The van der Waals surface area contributed by atoms with Gasteiger partial charge in [0.05, 0.1) is 12.1 Å². The van der Waals surface area contributed by atoms with Crippen LogP contribution in [-0.4, -0.2) is 18.8 Å². The molecule has 1 aliphatic carbocycles. The van der Waals surface area contributed by atoms with Crippen LogP contribution in [0.2, 0.25) is 0 Å². The van der Waals surface area contributed by atoms with Crippen molar-refractivity contribution in [3.05, 3.63) is 0 Å². The van der Waals surface area contributed by atoms with Crippen LogP contribution in [0.1, 0.15) is 33.1 Å². The fourth-order valence-electron chi connectivity index (χ4n) is 1.68. The molecule has 0 aromatic carbocycles. The van der Waals surface area contributed by atoms with Gasteiger partial charge in [-0.3, -0.25) is 11.3 Å². The molecule has 3 N–H and O–H groups in total. The van der Waals surface area contributed by atoms with E-state index in [0.717, 1.165) is 13.0 Å². The van der Waals surface area contributed by atoms with E-state index in [1.165, 1.54) is 12.8 Å². The topological polar surface area (TPSA) is 47.3 Å². The van der Waals surface area contributed by atoms with Crippen LogP contribution in [0, 0.1) is 17.8 Å². The Kier molecular flexibility index (Phi) is 4.95. The van der Waals surface area contributed by atoms with E-state index in [4.69, 9.17) is 10.6 Å². The fraction of sp³-hybridized carbons (Fsp3) is 0.818. The van der Waals surface area contributed by atoms with Crippen molar-refractivity contribution in [2.24, 2.45) is 11.8 Å². The molecule has 1 rings (SSSR count). The molecular formula is C11H20N2O. The van der Waals surface area contributed by atoms with Crippen LogP contribution in [0.5, 0.6) is 0 Å². The zero-order valence-corrected chi connectivity index (χ0v) is 9.05. The number of nitrogens with two attached hydrogens (primary N) is 1. The van der Waals surface area contributed by atoms with E-state index in [1.807, 2.05) is 13.8 Å². The third-order valence-electron chi connectivity index (χ3n) is 2.56. The summed E-state index contributed by atoms with van der Waals surface area (Å²) in [6.45, 7) is 4.62. The average Bonchev–Trinajstić information content (AvgIpc) is 3.00. The quantitative estimate of drug-likeness (QED) is 0.379. The van der Waals surface area contributed by atoms with E-state index in [0.29, 0.717) is 5.92 Å². The summed E-state index contributed by atoms with van der Waals surface area (Å²) in [6.07, 6.45) is 3.55. The number of hydrazine groups is 1. The van der Waals surface area contributed by atoms with Gasteiger partial charge in [-0.1, -0.05) is 0 Å². The van der Waals surface area contributed by atoms with Crippen molar-refractivity contribution in [1.29, 1.82) is 0 Å². The second-order valence-corrected chi connectivity index (χ2v) is 3.66. The second-order valence-electron chi connectivity index (χ2n) is 3.66. The minimum Gasteiger partial charge on any atom is -0.377 e. The van der Waals surface area contributed by atoms with Crippen molar-refractivity contribution >= 4 is 0 Å². The molecule has 0 aromatic heterocycles. The van der Waals surface area contributed by atoms with Gasteiger partial charge in [0.25, 0.3) is 0 Å². The van der Waals surface area contributed by atoms with E-state index >= 15 is 0 Å². The van der Waals surface area contributed by atoms with Crippen molar-refractivity contribution in [2.45, 2.75) is 45.3 Å². The van der Waals surface area contributed by atoms with Crippen molar-refractivity contribution in [3.8, 4) is 11.8 Å². The zero-order valence-electron chi connectivity index (χ0n) is 9.05. The highest BCUT2D eigenvalue weighted by molar-refractivity contribution is 5.01. The van der Waals surface area contributed by atoms with E-state index in [1.54, 1.807) is 0 Å². The normalized spacial score (nSPS) is 19.6. The molecule has 0 aliphatic heterocycles. The Morgan fingerprint density at radius 2 is 2.29 bits per heavy atom. The summed E-state index contributed by atoms with van der Waals surface area (Å²) >= 11 is 0. The van der Waals surface area contributed by atoms with Crippen molar-refractivity contribution < 1.29 is 4.74 Å². The highest BCUT2D eigenvalue weighted by Crippen LogP contribution is 2.36. The molecule has 1 saturated carbocycles. The maximum absolute atomic E-state index is 5.71. The molecule has 2 unspecified atom stereocenters. The van der Waals surface area contributed by atoms with Gasteiger partial charge < -0.3 is 4.74 Å². The molecule has 2 atom stereocenters. The summed E-state index contributed by atoms with van der Waals surface area (Å²) in [5, 5.41) is 0. The lowest BCUT2D eigenvalue weighted by molar-refractivity contribution is 0.0204. The van der Waals surface area contributed by atoms with Gasteiger partial charge in [0.1, 0.15) is 0 Å². The zero-order chi connectivity index (χ0) is 10.4. The minimum absolute atomic E-state index is 0.176. The summed E-state index contributed by atoms with van der Waals surface area (Å²) < 4.78 is 5.71. The van der Waals surface area contributed by atoms with Crippen LogP contribution < -0.4 is 11.3 Å². The summed E-state index contributed by atoms with van der Waals surface area (Å²) in [5.41, 5.74) is 2.82. The number of hydrogen-bond acceptors (Lipinski definition) is 3. The van der Waals surface area contributed by atoms with Crippen LogP contribution in [0.4, 0.5) is 0 Å². The van der Waals surface area contributed by atoms with E-state index in [-0.39, 0.29) is 12.1 Å². The van der Waals surface area contributed by atoms with Crippen molar-refractivity contribution in [2.75, 3.05) is 6.61 Å². The fourth-order valence-corrected chi connectivity index (χ4v) is 1.68. The lowest BCUT2D eigenvalue weighted by atomic mass is 10.0. The SMILES string of the molecule is CC#CCC(NN)C(OCC)C1CC1. The molecule has 0 radical (unpaired) electrons. The molecule has 0 amide bonds. The standard InChI is InChI=1S/C11H20N2O/c1-3-5-6-10(13-12)11(14-4-2)9-7-8-9/h9-11,13H,4,6-8,12H2,1-2H3. The molecule has 80 valence electrons. The first-order valence-corrected chi connectivity index (χ1v) is 5.30. The second kappa shape index (κ2) is 6.02. The van der Waals surface area contributed by atoms with Crippen LogP contribution in [0.25, 0.3) is 0 Å². The van der Waals surface area contributed by atoms with Crippen molar-refractivity contribution in [1.82, 2.24) is 5.43 Å². The maximum atomic E-state index is 5.71. The van der Waals surface area contributed by atoms with Crippen molar-refractivity contribution in [3.63, 3.8) is 0 Å². The third-order valence-corrected chi connectivity index (χ3v) is 2.56. The number of ether oxygens (including phenoxy) is 1. The summed E-state index contributed by atoms with van der Waals surface area (Å²) in [4.78, 5) is 0. The number of hydrogen-bond donors (Lipinski definition) is 2. The lowest BCUT2D eigenvalue weighted by Crippen LogP contribution is -2.46. The number of rotatable bonds is 6. The Labute approximate surface area is 86.4 Å². The molecule has 0 aromatic rings. The molecule has 14 heavy (non-hydrogen) atoms. The van der Waals surface area contributed by atoms with Gasteiger partial charge in [0.15, 0.2) is 0 Å². The Balaban J connectivity index is 2.46. The smallest absolute Gasteiger partial charge is 0.0778 e. The Morgan fingerprint density at radius 1 is 1.57 bits per heavy atom. The van der Waals surface area contributed by atoms with Gasteiger partial charge in [-0.2, -0.15) is 0 Å². The molecule has 1 aliphatic rings. The average molecular weight is 196 g/mol. The first-order chi connectivity index (χ1) is 6.83. The van der Waals surface area contributed by atoms with Gasteiger partial charge in [0, 0.05) is 13.0 Å². The summed E-state index contributed by atoms with van der Waals surface area (Å²) in [5.74, 6) is 12.1. The molecule has 3 heteroatoms. The summed E-state index contributed by atoms with van der Waals surface area (Å²) in [6, 6.07) is 0.176. The van der Waals surface area contributed by atoms with Gasteiger partial charge >= 0.3 is 0 Å². The lowest BCUT2D eigenvalue weighted by Gasteiger charge is -2.24. The summed E-state index contributed by atoms with van der Waals surface area (Å²) in [7, 11) is 0. The largest absolute Gasteiger partial charge is 0.377 e. The molecule has 0 saturated heterocycles. The van der Waals surface area contributed by atoms with E-state index < -0.39 is 0 Å². The minimum atomic E-state index is 0.176. The van der Waals surface area contributed by atoms with E-state index in [9.17, 15) is 0 Å². The van der Waals surface area contributed by atoms with Crippen LogP contribution in [0.3, 0.4) is 0 Å². The number of nitrogens with one attached hydrogen (secondary N) is 1. The molecule has 1 fully saturated rings. The predicted molar refractivity (Wildman–Crippen MR) is 57.3 cm³/mol. The Bertz CT molecular complexity index is 215. The van der Waals surface area contributed by atoms with Gasteiger partial charge in [-0.25, -0.2) is 0 Å². The van der Waals surface area contributed by atoms with Crippen LogP contribution in [0.15, 0.2) is 0 Å². The predicted octanol–water partition coefficient (Wildman–Crippen LogP) is 1.05. The molecule has 0 spiro atoms. The van der Waals surface area contributed by atoms with Crippen LogP contribution >= 0.6 is 0 Å². The maximum Gasteiger partial charge on any atom is 0.0778 e. The molecule has 0 heterocycles. The third kappa shape index (κ3) is 3.30. The first-order valence-electron chi connectivity index (χ1n) is 5.30. The van der Waals surface area contributed by atoms with E-state index in [2.05, 4.69) is 17.3 Å². The van der Waals surface area contributed by atoms with Gasteiger partial charge in [0.2, 0.25) is 0 Å². The monoisotopic (exact) mass is 196 g/mol. The van der Waals surface area contributed by atoms with Gasteiger partial charge in [-0.15, -0.1) is 11.8 Å². The Hall–Kier alpha value is -0.560.